The Kier molecular flexibility index (Phi) is 62.3. The molecule has 0 fully saturated rings. The van der Waals surface area contributed by atoms with E-state index in [0.29, 0.717) is 12.8 Å². The van der Waals surface area contributed by atoms with Gasteiger partial charge in [-0.2, -0.15) is 0 Å². The maximum atomic E-state index is 12.3. The maximum Gasteiger partial charge on any atom is 0.306 e. The first kappa shape index (κ1) is 71.3. The molecule has 0 heterocycles. The minimum absolute atomic E-state index is 0.0719. The highest BCUT2D eigenvalue weighted by molar-refractivity contribution is 5.70. The van der Waals surface area contributed by atoms with Crippen LogP contribution in [0.25, 0.3) is 0 Å². The van der Waals surface area contributed by atoms with Crippen LogP contribution in [-0.4, -0.2) is 36.4 Å². The number of carbonyl (C=O) groups excluding carboxylic acids is 2. The molecule has 430 valence electrons. The zero-order valence-corrected chi connectivity index (χ0v) is 49.4. The zero-order valence-electron chi connectivity index (χ0n) is 49.4. The smallest absolute Gasteiger partial charge is 0.306 e. The molecule has 0 aromatic rings. The van der Waals surface area contributed by atoms with Gasteiger partial charge in [-0.3, -0.25) is 9.59 Å². The summed E-state index contributed by atoms with van der Waals surface area (Å²) in [6.07, 6.45) is 89.2. The number of allylic oxidation sites excluding steroid dienone is 12. The summed E-state index contributed by atoms with van der Waals surface area (Å²) in [7, 11) is 0. The Bertz CT molecular complexity index is 1310. The summed E-state index contributed by atoms with van der Waals surface area (Å²) in [6, 6.07) is 0. The normalized spacial score (nSPS) is 12.6. The van der Waals surface area contributed by atoms with E-state index >= 15 is 0 Å². The van der Waals surface area contributed by atoms with Crippen molar-refractivity contribution in [1.82, 2.24) is 0 Å². The second kappa shape index (κ2) is 64.6. The van der Waals surface area contributed by atoms with E-state index < -0.39 is 6.10 Å². The Hall–Kier alpha value is -2.66. The largest absolute Gasteiger partial charge is 0.462 e. The molecule has 0 amide bonds. The molecule has 0 bridgehead atoms. The van der Waals surface area contributed by atoms with Crippen LogP contribution >= 0.6 is 0 Å². The van der Waals surface area contributed by atoms with Crippen LogP contribution in [0, 0.1) is 0 Å². The average molecular weight is 1030 g/mol. The second-order valence-corrected chi connectivity index (χ2v) is 21.8. The van der Waals surface area contributed by atoms with E-state index in [1.807, 2.05) is 0 Å². The average Bonchev–Trinajstić information content (AvgIpc) is 3.40. The molecule has 74 heavy (non-hydrogen) atoms. The number of aliphatic hydroxyl groups is 1. The van der Waals surface area contributed by atoms with Crippen LogP contribution in [0.15, 0.2) is 72.9 Å². The van der Waals surface area contributed by atoms with Crippen molar-refractivity contribution in [3.63, 3.8) is 0 Å². The lowest BCUT2D eigenvalue weighted by molar-refractivity contribution is -0.161. The molecule has 0 saturated carbocycles. The van der Waals surface area contributed by atoms with Gasteiger partial charge in [-0.1, -0.05) is 331 Å². The molecule has 0 aliphatic heterocycles. The molecular weight excluding hydrogens is 909 g/mol. The number of ether oxygens (including phenoxy) is 2. The van der Waals surface area contributed by atoms with Gasteiger partial charge in [0.25, 0.3) is 0 Å². The van der Waals surface area contributed by atoms with Crippen molar-refractivity contribution < 1.29 is 24.2 Å². The number of carbonyl (C=O) groups is 2. The zero-order chi connectivity index (χ0) is 53.4. The molecule has 0 rings (SSSR count). The van der Waals surface area contributed by atoms with Crippen molar-refractivity contribution in [2.75, 3.05) is 13.2 Å². The Balaban J connectivity index is 3.44. The summed E-state index contributed by atoms with van der Waals surface area (Å²) >= 11 is 0. The topological polar surface area (TPSA) is 72.8 Å². The van der Waals surface area contributed by atoms with Gasteiger partial charge < -0.3 is 14.6 Å². The first-order valence-corrected chi connectivity index (χ1v) is 32.5. The first-order chi connectivity index (χ1) is 36.6. The highest BCUT2D eigenvalue weighted by Gasteiger charge is 2.16. The first-order valence-electron chi connectivity index (χ1n) is 32.5. The van der Waals surface area contributed by atoms with Gasteiger partial charge in [-0.15, -0.1) is 0 Å². The van der Waals surface area contributed by atoms with Crippen LogP contribution in [0.2, 0.25) is 0 Å². The Labute approximate surface area is 461 Å². The second-order valence-electron chi connectivity index (χ2n) is 21.8. The van der Waals surface area contributed by atoms with Crippen molar-refractivity contribution in [3.8, 4) is 0 Å². The highest BCUT2D eigenvalue weighted by Crippen LogP contribution is 2.18. The van der Waals surface area contributed by atoms with Crippen LogP contribution in [-0.2, 0) is 19.1 Å². The fourth-order valence-corrected chi connectivity index (χ4v) is 9.68. The van der Waals surface area contributed by atoms with Gasteiger partial charge in [0.15, 0.2) is 6.10 Å². The Morgan fingerprint density at radius 2 is 0.581 bits per heavy atom. The van der Waals surface area contributed by atoms with E-state index in [-0.39, 0.29) is 25.2 Å². The minimum Gasteiger partial charge on any atom is -0.462 e. The molecule has 0 spiro atoms. The number of esters is 2. The number of hydrogen-bond acceptors (Lipinski definition) is 5. The van der Waals surface area contributed by atoms with Gasteiger partial charge in [0.05, 0.1) is 6.61 Å². The van der Waals surface area contributed by atoms with Crippen LogP contribution in [0.4, 0.5) is 0 Å². The number of aliphatic hydroxyl groups excluding tert-OH is 1. The molecule has 0 aromatic heterocycles. The third kappa shape index (κ3) is 61.9. The van der Waals surface area contributed by atoms with E-state index in [1.54, 1.807) is 0 Å². The highest BCUT2D eigenvalue weighted by atomic mass is 16.6. The fraction of sp³-hybridized carbons (Fsp3) is 0.797. The molecule has 5 heteroatoms. The Morgan fingerprint density at radius 3 is 0.878 bits per heavy atom. The summed E-state index contributed by atoms with van der Waals surface area (Å²) in [5.74, 6) is -0.597. The van der Waals surface area contributed by atoms with Gasteiger partial charge >= 0.3 is 11.9 Å². The van der Waals surface area contributed by atoms with Crippen molar-refractivity contribution >= 4 is 11.9 Å². The number of unbranched alkanes of at least 4 members (excludes halogenated alkanes) is 40. The predicted octanol–water partition coefficient (Wildman–Crippen LogP) is 22.3. The van der Waals surface area contributed by atoms with E-state index in [1.165, 1.54) is 225 Å². The maximum absolute atomic E-state index is 12.3. The van der Waals surface area contributed by atoms with Crippen molar-refractivity contribution in [2.45, 2.75) is 341 Å². The minimum atomic E-state index is -0.784. The van der Waals surface area contributed by atoms with Crippen molar-refractivity contribution in [2.24, 2.45) is 0 Å². The van der Waals surface area contributed by atoms with Crippen LogP contribution in [0.1, 0.15) is 335 Å². The standard InChI is InChI=1S/C69H124O5/c1-3-5-7-9-11-13-15-17-19-21-23-25-27-29-30-31-32-33-34-35-36-37-38-40-41-43-45-47-49-51-53-55-57-59-61-63-68(71)73-66-67(65-70)74-69(72)64-62-60-58-56-54-52-50-48-46-44-42-39-28-26-24-22-20-18-16-14-12-10-8-6-4-2/h6,8,12,14,18,20,24,26,39,42,46,48,67,70H,3-5,7,9-11,13,15-17,19,21-23,25,27-38,40-41,43-45,47,49-66H2,1-2H3/b8-6-,14-12-,20-18-,26-24-,42-39-,48-46-. The molecule has 1 unspecified atom stereocenters. The van der Waals surface area contributed by atoms with Gasteiger partial charge in [0.1, 0.15) is 6.61 Å². The monoisotopic (exact) mass is 1030 g/mol. The van der Waals surface area contributed by atoms with E-state index in [9.17, 15) is 14.7 Å². The third-order valence-electron chi connectivity index (χ3n) is 14.5. The molecule has 0 saturated heterocycles. The van der Waals surface area contributed by atoms with Gasteiger partial charge in [0.2, 0.25) is 0 Å². The molecule has 1 atom stereocenters. The molecule has 1 N–H and O–H groups in total. The summed E-state index contributed by atoms with van der Waals surface area (Å²) in [5.41, 5.74) is 0. The lowest BCUT2D eigenvalue weighted by atomic mass is 10.0. The summed E-state index contributed by atoms with van der Waals surface area (Å²) in [5, 5.41) is 9.68. The van der Waals surface area contributed by atoms with E-state index in [4.69, 9.17) is 9.47 Å². The fourth-order valence-electron chi connectivity index (χ4n) is 9.68. The van der Waals surface area contributed by atoms with Crippen molar-refractivity contribution in [3.05, 3.63) is 72.9 Å². The van der Waals surface area contributed by atoms with Crippen LogP contribution in [0.3, 0.4) is 0 Å². The van der Waals surface area contributed by atoms with Crippen molar-refractivity contribution in [1.29, 1.82) is 0 Å². The number of rotatable bonds is 60. The van der Waals surface area contributed by atoms with E-state index in [0.717, 1.165) is 83.5 Å². The molecule has 0 radical (unpaired) electrons. The molecule has 5 nitrogen and oxygen atoms in total. The molecular formula is C69H124O5. The van der Waals surface area contributed by atoms with Gasteiger partial charge in [0, 0.05) is 12.8 Å². The predicted molar refractivity (Wildman–Crippen MR) is 325 cm³/mol. The van der Waals surface area contributed by atoms with Gasteiger partial charge in [-0.05, 0) is 64.2 Å². The van der Waals surface area contributed by atoms with Gasteiger partial charge in [-0.25, -0.2) is 0 Å². The lowest BCUT2D eigenvalue weighted by Gasteiger charge is -2.15. The number of hydrogen-bond donors (Lipinski definition) is 1. The lowest BCUT2D eigenvalue weighted by Crippen LogP contribution is -2.28. The third-order valence-corrected chi connectivity index (χ3v) is 14.5. The quantitative estimate of drug-likeness (QED) is 0.0373. The SMILES string of the molecule is CC/C=C\C/C=C\C/C=C\C/C=C\C/C=C\C/C=C\CCCCCCCCC(=O)OC(CO)COC(=O)CCCCCCCCCCCCCCCCCCCCCCCCCCCCCCCCCCCCC. The molecule has 0 aliphatic rings. The summed E-state index contributed by atoms with van der Waals surface area (Å²) in [4.78, 5) is 24.6. The summed E-state index contributed by atoms with van der Waals surface area (Å²) in [6.45, 7) is 4.06. The van der Waals surface area contributed by atoms with E-state index in [2.05, 4.69) is 86.8 Å². The molecule has 0 aliphatic carbocycles. The summed E-state index contributed by atoms with van der Waals surface area (Å²) < 4.78 is 10.7. The Morgan fingerprint density at radius 1 is 0.324 bits per heavy atom. The van der Waals surface area contributed by atoms with Crippen LogP contribution < -0.4 is 0 Å². The van der Waals surface area contributed by atoms with Crippen LogP contribution in [0.5, 0.6) is 0 Å². The molecule has 0 aromatic carbocycles.